The van der Waals surface area contributed by atoms with Crippen molar-refractivity contribution in [2.75, 3.05) is 0 Å². The third kappa shape index (κ3) is 3.87. The van der Waals surface area contributed by atoms with E-state index in [1.54, 1.807) is 0 Å². The maximum Gasteiger partial charge on any atom is 0.0553 e. The molecule has 1 heteroatoms. The third-order valence-corrected chi connectivity index (χ3v) is 10.0. The average Bonchev–Trinajstić information content (AvgIpc) is 3.21. The van der Waals surface area contributed by atoms with Crippen LogP contribution in [0.25, 0.3) is 66.1 Å². The number of rotatable bonds is 3. The van der Waals surface area contributed by atoms with E-state index in [1.165, 1.54) is 82.8 Å². The Hall–Kier alpha value is -5.40. The molecular formula is C44H33N. The molecule has 0 amide bonds. The van der Waals surface area contributed by atoms with Crippen LogP contribution in [0.3, 0.4) is 0 Å². The molecule has 7 aromatic rings. The van der Waals surface area contributed by atoms with Crippen molar-refractivity contribution in [3.05, 3.63) is 168 Å². The van der Waals surface area contributed by atoms with E-state index in [9.17, 15) is 0 Å². The van der Waals surface area contributed by atoms with Crippen molar-refractivity contribution >= 4 is 38.2 Å². The second-order valence-electron chi connectivity index (χ2n) is 12.9. The number of hydrogen-bond donors (Lipinski definition) is 0. The normalized spacial score (nSPS) is 15.2. The first-order valence-corrected chi connectivity index (χ1v) is 15.9. The van der Waals surface area contributed by atoms with E-state index in [2.05, 4.69) is 170 Å². The molecule has 6 aromatic carbocycles. The Balaban J connectivity index is 1.44. The maximum atomic E-state index is 2.50. The van der Waals surface area contributed by atoms with E-state index in [0.29, 0.717) is 0 Å². The van der Waals surface area contributed by atoms with Crippen LogP contribution in [0, 0.1) is 0 Å². The number of benzene rings is 6. The minimum Gasteiger partial charge on any atom is -0.309 e. The summed E-state index contributed by atoms with van der Waals surface area (Å²) >= 11 is 0. The first kappa shape index (κ1) is 26.0. The van der Waals surface area contributed by atoms with Crippen LogP contribution < -0.4 is 0 Å². The van der Waals surface area contributed by atoms with Gasteiger partial charge in [0.05, 0.1) is 11.0 Å². The molecule has 0 N–H and O–H groups in total. The number of allylic oxidation sites excluding steroid dienone is 6. The lowest BCUT2D eigenvalue weighted by molar-refractivity contribution is 0.615. The van der Waals surface area contributed by atoms with Crippen molar-refractivity contribution in [3.63, 3.8) is 0 Å². The predicted octanol–water partition coefficient (Wildman–Crippen LogP) is 11.8. The topological polar surface area (TPSA) is 4.93 Å². The Morgan fingerprint density at radius 3 is 2.00 bits per heavy atom. The van der Waals surface area contributed by atoms with Crippen molar-refractivity contribution in [1.29, 1.82) is 0 Å². The van der Waals surface area contributed by atoms with Gasteiger partial charge in [-0.15, -0.1) is 0 Å². The average molecular weight is 576 g/mol. The fourth-order valence-electron chi connectivity index (χ4n) is 7.92. The summed E-state index contributed by atoms with van der Waals surface area (Å²) in [5, 5.41) is 5.33. The molecule has 1 heterocycles. The van der Waals surface area contributed by atoms with Crippen LogP contribution in [-0.4, -0.2) is 4.57 Å². The zero-order chi connectivity index (χ0) is 30.1. The quantitative estimate of drug-likeness (QED) is 0.197. The second-order valence-corrected chi connectivity index (χ2v) is 12.9. The second kappa shape index (κ2) is 9.81. The van der Waals surface area contributed by atoms with Gasteiger partial charge in [0, 0.05) is 21.9 Å². The maximum absolute atomic E-state index is 2.50. The Morgan fingerprint density at radius 2 is 1.27 bits per heavy atom. The molecule has 0 spiro atoms. The van der Waals surface area contributed by atoms with Gasteiger partial charge in [-0.2, -0.15) is 0 Å². The summed E-state index contributed by atoms with van der Waals surface area (Å²) in [5.41, 5.74) is 14.1. The molecule has 0 bridgehead atoms. The minimum absolute atomic E-state index is 0.0541. The number of aromatic nitrogens is 1. The monoisotopic (exact) mass is 575 g/mol. The van der Waals surface area contributed by atoms with Gasteiger partial charge in [-0.25, -0.2) is 0 Å². The molecule has 0 fully saturated rings. The summed E-state index contributed by atoms with van der Waals surface area (Å²) < 4.78 is 2.50. The molecule has 1 aromatic heterocycles. The van der Waals surface area contributed by atoms with Gasteiger partial charge in [0.15, 0.2) is 0 Å². The van der Waals surface area contributed by atoms with E-state index in [-0.39, 0.29) is 5.41 Å². The van der Waals surface area contributed by atoms with Crippen LogP contribution >= 0.6 is 0 Å². The lowest BCUT2D eigenvalue weighted by Gasteiger charge is -2.37. The van der Waals surface area contributed by atoms with Crippen LogP contribution in [0.4, 0.5) is 0 Å². The summed E-state index contributed by atoms with van der Waals surface area (Å²) in [6.45, 7) is 4.81. The molecule has 1 nitrogen and oxygen atoms in total. The fourth-order valence-corrected chi connectivity index (χ4v) is 7.92. The molecule has 0 radical (unpaired) electrons. The Morgan fingerprint density at radius 1 is 0.578 bits per heavy atom. The Kier molecular flexibility index (Phi) is 5.67. The number of nitrogens with zero attached hydrogens (tertiary/aromatic N) is 1. The fraction of sp³-hybridized carbons (Fsp3) is 0.0909. The van der Waals surface area contributed by atoms with Crippen molar-refractivity contribution in [2.45, 2.75) is 25.7 Å². The van der Waals surface area contributed by atoms with Crippen LogP contribution in [0.2, 0.25) is 0 Å². The third-order valence-electron chi connectivity index (χ3n) is 10.0. The van der Waals surface area contributed by atoms with E-state index in [0.717, 1.165) is 6.42 Å². The molecule has 2 aliphatic rings. The van der Waals surface area contributed by atoms with Crippen molar-refractivity contribution < 1.29 is 0 Å². The highest BCUT2D eigenvalue weighted by atomic mass is 15.0. The van der Waals surface area contributed by atoms with Crippen LogP contribution in [0.15, 0.2) is 157 Å². The standard InChI is InChI=1S/C44H33N/c1-44(2)37-22-11-5-10-20-35(37)43-41-31(19-14-23-38(41)44)28-40-42(43)36-21-12-13-24-39(36)45(40)34-26-32(29-15-6-3-7-16-29)25-33(27-34)30-17-8-4-9-18-30/h3-21,23-28H,22H2,1-2H3. The largest absolute Gasteiger partial charge is 0.309 e. The highest BCUT2D eigenvalue weighted by Gasteiger charge is 2.36. The van der Waals surface area contributed by atoms with Crippen LogP contribution in [0.1, 0.15) is 31.4 Å². The zero-order valence-corrected chi connectivity index (χ0v) is 25.6. The molecule has 214 valence electrons. The molecular weight excluding hydrogens is 542 g/mol. The number of para-hydroxylation sites is 1. The molecule has 0 saturated heterocycles. The smallest absolute Gasteiger partial charge is 0.0553 e. The van der Waals surface area contributed by atoms with Gasteiger partial charge in [0.25, 0.3) is 0 Å². The first-order valence-electron chi connectivity index (χ1n) is 15.9. The van der Waals surface area contributed by atoms with E-state index in [4.69, 9.17) is 0 Å². The van der Waals surface area contributed by atoms with Gasteiger partial charge < -0.3 is 4.57 Å². The lowest BCUT2D eigenvalue weighted by Crippen LogP contribution is -2.25. The van der Waals surface area contributed by atoms with Gasteiger partial charge in [0.1, 0.15) is 0 Å². The SMILES string of the molecule is CC1(C)C2=C(C=CC=CC2)c2c3c1cccc3cc1c2c2ccccc2n1-c1cc(-c2ccccc2)cc(-c2ccccc2)c1. The molecule has 9 rings (SSSR count). The van der Waals surface area contributed by atoms with Gasteiger partial charge >= 0.3 is 0 Å². The van der Waals surface area contributed by atoms with E-state index < -0.39 is 0 Å². The molecule has 0 unspecified atom stereocenters. The number of fused-ring (bicyclic) bond motifs is 5. The van der Waals surface area contributed by atoms with Crippen molar-refractivity contribution in [2.24, 2.45) is 0 Å². The van der Waals surface area contributed by atoms with E-state index in [1.807, 2.05) is 0 Å². The molecule has 45 heavy (non-hydrogen) atoms. The van der Waals surface area contributed by atoms with Gasteiger partial charge in [-0.05, 0) is 92.1 Å². The molecule has 2 aliphatic carbocycles. The molecule has 0 aliphatic heterocycles. The summed E-state index contributed by atoms with van der Waals surface area (Å²) in [5.74, 6) is 0. The Labute approximate surface area is 264 Å². The van der Waals surface area contributed by atoms with Gasteiger partial charge in [-0.3, -0.25) is 0 Å². The minimum atomic E-state index is -0.0541. The summed E-state index contributed by atoms with van der Waals surface area (Å²) in [4.78, 5) is 0. The van der Waals surface area contributed by atoms with Crippen molar-refractivity contribution in [3.8, 4) is 27.9 Å². The van der Waals surface area contributed by atoms with Crippen molar-refractivity contribution in [1.82, 2.24) is 4.57 Å². The first-order chi connectivity index (χ1) is 22.1. The molecule has 0 atom stereocenters. The Bertz CT molecular complexity index is 2340. The van der Waals surface area contributed by atoms with Gasteiger partial charge in [0.2, 0.25) is 0 Å². The summed E-state index contributed by atoms with van der Waals surface area (Å²) in [6.07, 6.45) is 10.1. The highest BCUT2D eigenvalue weighted by molar-refractivity contribution is 6.22. The summed E-state index contributed by atoms with van der Waals surface area (Å²) in [7, 11) is 0. The lowest BCUT2D eigenvalue weighted by atomic mass is 9.67. The summed E-state index contributed by atoms with van der Waals surface area (Å²) in [6, 6.07) is 46.9. The van der Waals surface area contributed by atoms with E-state index >= 15 is 0 Å². The van der Waals surface area contributed by atoms with Crippen LogP contribution in [0.5, 0.6) is 0 Å². The highest BCUT2D eigenvalue weighted by Crippen LogP contribution is 2.52. The van der Waals surface area contributed by atoms with Gasteiger partial charge in [-0.1, -0.05) is 135 Å². The number of hydrogen-bond acceptors (Lipinski definition) is 0. The molecule has 0 saturated carbocycles. The van der Waals surface area contributed by atoms with Crippen LogP contribution in [-0.2, 0) is 5.41 Å². The zero-order valence-electron chi connectivity index (χ0n) is 25.6. The predicted molar refractivity (Wildman–Crippen MR) is 192 cm³/mol.